The molecular formula is C12H13N3O3. The Hall–Kier alpha value is -2.37. The molecule has 0 atom stereocenters. The van der Waals surface area contributed by atoms with E-state index in [2.05, 4.69) is 9.97 Å². The zero-order valence-corrected chi connectivity index (χ0v) is 9.91. The molecule has 0 saturated heterocycles. The lowest BCUT2D eigenvalue weighted by molar-refractivity contribution is 0.0690. The molecule has 2 aromatic rings. The van der Waals surface area contributed by atoms with E-state index in [1.807, 2.05) is 17.9 Å². The van der Waals surface area contributed by atoms with E-state index >= 15 is 0 Å². The summed E-state index contributed by atoms with van der Waals surface area (Å²) in [5, 5.41) is 8.89. The van der Waals surface area contributed by atoms with Crippen molar-refractivity contribution >= 4 is 11.9 Å². The molecule has 0 amide bonds. The Morgan fingerprint density at radius 3 is 2.94 bits per heavy atom. The Labute approximate surface area is 104 Å². The van der Waals surface area contributed by atoms with Gasteiger partial charge in [-0.2, -0.15) is 0 Å². The molecular weight excluding hydrogens is 234 g/mol. The van der Waals surface area contributed by atoms with Crippen LogP contribution in [0.3, 0.4) is 0 Å². The molecule has 94 valence electrons. The van der Waals surface area contributed by atoms with Crippen molar-refractivity contribution in [1.82, 2.24) is 9.97 Å². The van der Waals surface area contributed by atoms with Gasteiger partial charge in [0, 0.05) is 12.7 Å². The van der Waals surface area contributed by atoms with Crippen LogP contribution >= 0.6 is 0 Å². The van der Waals surface area contributed by atoms with Crippen LogP contribution in [0.2, 0.25) is 0 Å². The molecule has 2 heterocycles. The number of furan rings is 1. The van der Waals surface area contributed by atoms with E-state index in [0.29, 0.717) is 19.0 Å². The molecule has 0 aliphatic carbocycles. The smallest absolute Gasteiger partial charge is 0.354 e. The van der Waals surface area contributed by atoms with E-state index < -0.39 is 5.97 Å². The maximum atomic E-state index is 10.9. The SMILES string of the molecule is CCN(Cc1ccco1)c1nccc(C(=O)O)n1. The number of carbonyl (C=O) groups is 1. The minimum absolute atomic E-state index is 0.0158. The molecule has 0 bridgehead atoms. The number of aromatic nitrogens is 2. The minimum atomic E-state index is -1.06. The zero-order valence-electron chi connectivity index (χ0n) is 9.91. The molecule has 18 heavy (non-hydrogen) atoms. The van der Waals surface area contributed by atoms with E-state index in [1.54, 1.807) is 12.3 Å². The second-order valence-electron chi connectivity index (χ2n) is 3.64. The highest BCUT2D eigenvalue weighted by atomic mass is 16.4. The van der Waals surface area contributed by atoms with Crippen LogP contribution in [0, 0.1) is 0 Å². The van der Waals surface area contributed by atoms with Gasteiger partial charge in [0.05, 0.1) is 12.8 Å². The first-order valence-electron chi connectivity index (χ1n) is 5.54. The molecule has 6 heteroatoms. The van der Waals surface area contributed by atoms with Crippen LogP contribution in [0.5, 0.6) is 0 Å². The molecule has 0 spiro atoms. The summed E-state index contributed by atoms with van der Waals surface area (Å²) >= 11 is 0. The van der Waals surface area contributed by atoms with Crippen molar-refractivity contribution in [1.29, 1.82) is 0 Å². The van der Waals surface area contributed by atoms with E-state index in [4.69, 9.17) is 9.52 Å². The molecule has 1 N–H and O–H groups in total. The average molecular weight is 247 g/mol. The normalized spacial score (nSPS) is 10.3. The van der Waals surface area contributed by atoms with Gasteiger partial charge in [0.25, 0.3) is 0 Å². The van der Waals surface area contributed by atoms with Gasteiger partial charge in [0.1, 0.15) is 5.76 Å². The summed E-state index contributed by atoms with van der Waals surface area (Å²) < 4.78 is 5.25. The standard InChI is InChI=1S/C12H13N3O3/c1-2-15(8-9-4-3-7-18-9)12-13-6-5-10(14-12)11(16)17/h3-7H,2,8H2,1H3,(H,16,17). The number of nitrogens with zero attached hydrogens (tertiary/aromatic N) is 3. The number of hydrogen-bond acceptors (Lipinski definition) is 5. The monoisotopic (exact) mass is 247 g/mol. The van der Waals surface area contributed by atoms with Crippen LogP contribution in [0.4, 0.5) is 5.95 Å². The van der Waals surface area contributed by atoms with Crippen LogP contribution in [-0.4, -0.2) is 27.6 Å². The molecule has 0 aliphatic rings. The maximum Gasteiger partial charge on any atom is 0.354 e. The largest absolute Gasteiger partial charge is 0.477 e. The Kier molecular flexibility index (Phi) is 3.57. The second-order valence-corrected chi connectivity index (χ2v) is 3.64. The highest BCUT2D eigenvalue weighted by molar-refractivity contribution is 5.85. The lowest BCUT2D eigenvalue weighted by Gasteiger charge is -2.19. The lowest BCUT2D eigenvalue weighted by atomic mass is 10.4. The number of hydrogen-bond donors (Lipinski definition) is 1. The summed E-state index contributed by atoms with van der Waals surface area (Å²) in [6, 6.07) is 5.02. The summed E-state index contributed by atoms with van der Waals surface area (Å²) in [4.78, 5) is 20.8. The van der Waals surface area contributed by atoms with Gasteiger partial charge >= 0.3 is 5.97 Å². The van der Waals surface area contributed by atoms with Gasteiger partial charge in [-0.15, -0.1) is 0 Å². The van der Waals surface area contributed by atoms with Crippen molar-refractivity contribution in [3.63, 3.8) is 0 Å². The van der Waals surface area contributed by atoms with E-state index in [-0.39, 0.29) is 5.69 Å². The summed E-state index contributed by atoms with van der Waals surface area (Å²) in [7, 11) is 0. The van der Waals surface area contributed by atoms with Crippen molar-refractivity contribution in [2.24, 2.45) is 0 Å². The van der Waals surface area contributed by atoms with Gasteiger partial charge in [-0.25, -0.2) is 14.8 Å². The molecule has 2 rings (SSSR count). The number of carboxylic acids is 1. The molecule has 6 nitrogen and oxygen atoms in total. The first-order valence-corrected chi connectivity index (χ1v) is 5.54. The topological polar surface area (TPSA) is 79.5 Å². The third kappa shape index (κ3) is 2.65. The summed E-state index contributed by atoms with van der Waals surface area (Å²) in [5.41, 5.74) is -0.0158. The van der Waals surface area contributed by atoms with Crippen LogP contribution < -0.4 is 4.90 Å². The second kappa shape index (κ2) is 5.31. The number of aromatic carboxylic acids is 1. The van der Waals surface area contributed by atoms with Crippen molar-refractivity contribution in [3.8, 4) is 0 Å². The molecule has 0 unspecified atom stereocenters. The maximum absolute atomic E-state index is 10.9. The van der Waals surface area contributed by atoms with Crippen molar-refractivity contribution < 1.29 is 14.3 Å². The Morgan fingerprint density at radius 1 is 1.50 bits per heavy atom. The van der Waals surface area contributed by atoms with Gasteiger partial charge in [0.15, 0.2) is 5.69 Å². The van der Waals surface area contributed by atoms with Crippen LogP contribution in [0.25, 0.3) is 0 Å². The fourth-order valence-electron chi connectivity index (χ4n) is 1.53. The summed E-state index contributed by atoms with van der Waals surface area (Å²) in [6.07, 6.45) is 3.04. The van der Waals surface area contributed by atoms with Gasteiger partial charge < -0.3 is 14.4 Å². The zero-order chi connectivity index (χ0) is 13.0. The lowest BCUT2D eigenvalue weighted by Crippen LogP contribution is -2.24. The van der Waals surface area contributed by atoms with Crippen molar-refractivity contribution in [2.75, 3.05) is 11.4 Å². The fourth-order valence-corrected chi connectivity index (χ4v) is 1.53. The highest BCUT2D eigenvalue weighted by Gasteiger charge is 2.12. The highest BCUT2D eigenvalue weighted by Crippen LogP contribution is 2.12. The van der Waals surface area contributed by atoms with Gasteiger partial charge in [0.2, 0.25) is 5.95 Å². The Bertz CT molecular complexity index is 525. The molecule has 0 saturated carbocycles. The predicted molar refractivity (Wildman–Crippen MR) is 64.4 cm³/mol. The molecule has 0 aliphatic heterocycles. The van der Waals surface area contributed by atoms with E-state index in [9.17, 15) is 4.79 Å². The van der Waals surface area contributed by atoms with Crippen LogP contribution in [0.15, 0.2) is 35.1 Å². The third-order valence-corrected chi connectivity index (χ3v) is 2.45. The van der Waals surface area contributed by atoms with Gasteiger partial charge in [-0.05, 0) is 25.1 Å². The fraction of sp³-hybridized carbons (Fsp3) is 0.250. The van der Waals surface area contributed by atoms with Crippen LogP contribution in [-0.2, 0) is 6.54 Å². The van der Waals surface area contributed by atoms with Gasteiger partial charge in [-0.1, -0.05) is 0 Å². The van der Waals surface area contributed by atoms with Gasteiger partial charge in [-0.3, -0.25) is 0 Å². The molecule has 0 radical (unpaired) electrons. The number of rotatable bonds is 5. The molecule has 0 fully saturated rings. The minimum Gasteiger partial charge on any atom is -0.477 e. The van der Waals surface area contributed by atoms with E-state index in [0.717, 1.165) is 5.76 Å². The molecule has 0 aromatic carbocycles. The summed E-state index contributed by atoms with van der Waals surface area (Å²) in [6.45, 7) is 3.11. The summed E-state index contributed by atoms with van der Waals surface area (Å²) in [5.74, 6) is 0.0997. The Morgan fingerprint density at radius 2 is 2.33 bits per heavy atom. The predicted octanol–water partition coefficient (Wildman–Crippen LogP) is 1.79. The quantitative estimate of drug-likeness (QED) is 0.867. The van der Waals surface area contributed by atoms with Crippen molar-refractivity contribution in [3.05, 3.63) is 42.1 Å². The van der Waals surface area contributed by atoms with Crippen LogP contribution in [0.1, 0.15) is 23.2 Å². The average Bonchev–Trinajstić information content (AvgIpc) is 2.89. The first kappa shape index (κ1) is 12.1. The Balaban J connectivity index is 2.21. The van der Waals surface area contributed by atoms with Crippen molar-refractivity contribution in [2.45, 2.75) is 13.5 Å². The van der Waals surface area contributed by atoms with E-state index in [1.165, 1.54) is 12.3 Å². The molecule has 2 aromatic heterocycles. The number of carboxylic acid groups (broad SMARTS) is 1. The first-order chi connectivity index (χ1) is 8.70. The third-order valence-electron chi connectivity index (χ3n) is 2.45. The number of anilines is 1.